The molecule has 0 bridgehead atoms. The number of halogens is 1. The number of pyridine rings is 1. The Morgan fingerprint density at radius 2 is 1.77 bits per heavy atom. The first-order valence-electron chi connectivity index (χ1n) is 4.37. The van der Waals surface area contributed by atoms with Crippen molar-refractivity contribution in [2.45, 2.75) is 13.8 Å². The molecule has 0 N–H and O–H groups in total. The van der Waals surface area contributed by atoms with Gasteiger partial charge in [-0.05, 0) is 12.1 Å². The van der Waals surface area contributed by atoms with Crippen molar-refractivity contribution in [1.82, 2.24) is 4.98 Å². The van der Waals surface area contributed by atoms with E-state index in [1.165, 1.54) is 0 Å². The van der Waals surface area contributed by atoms with Crippen LogP contribution in [0.1, 0.15) is 13.8 Å². The average molecular weight is 194 g/mol. The van der Waals surface area contributed by atoms with Gasteiger partial charge in [0.1, 0.15) is 0 Å². The third kappa shape index (κ3) is 2.19. The molecule has 2 rings (SSSR count). The van der Waals surface area contributed by atoms with Crippen molar-refractivity contribution >= 4 is 22.5 Å². The average Bonchev–Trinajstić information content (AvgIpc) is 2.22. The van der Waals surface area contributed by atoms with Crippen LogP contribution in [0.3, 0.4) is 0 Å². The van der Waals surface area contributed by atoms with Crippen LogP contribution >= 0.6 is 11.6 Å². The Bertz CT molecular complexity index is 379. The van der Waals surface area contributed by atoms with Crippen LogP contribution in [0.2, 0.25) is 5.02 Å². The molecule has 1 heterocycles. The largest absolute Gasteiger partial charge is 0.255 e. The highest BCUT2D eigenvalue weighted by Crippen LogP contribution is 2.19. The lowest BCUT2D eigenvalue weighted by molar-refractivity contribution is 1.41. The molecule has 0 aliphatic carbocycles. The molecule has 0 fully saturated rings. The van der Waals surface area contributed by atoms with Gasteiger partial charge in [0.2, 0.25) is 0 Å². The molecule has 1 aromatic carbocycles. The molecule has 13 heavy (non-hydrogen) atoms. The smallest absolute Gasteiger partial charge is 0.0888 e. The Morgan fingerprint density at radius 3 is 2.46 bits per heavy atom. The Balaban J connectivity index is 0.000000396. The number of benzene rings is 1. The van der Waals surface area contributed by atoms with E-state index >= 15 is 0 Å². The van der Waals surface area contributed by atoms with Crippen LogP contribution in [0, 0.1) is 0 Å². The topological polar surface area (TPSA) is 12.9 Å². The minimum atomic E-state index is 0.711. The lowest BCUT2D eigenvalue weighted by Gasteiger charge is -1.96. The van der Waals surface area contributed by atoms with E-state index < -0.39 is 0 Å². The zero-order chi connectivity index (χ0) is 9.68. The Hall–Kier alpha value is -1.08. The van der Waals surface area contributed by atoms with Gasteiger partial charge in [0, 0.05) is 11.6 Å². The van der Waals surface area contributed by atoms with Crippen LogP contribution in [-0.2, 0) is 0 Å². The third-order valence-electron chi connectivity index (χ3n) is 1.58. The molecule has 0 saturated heterocycles. The first kappa shape index (κ1) is 10.0. The summed E-state index contributed by atoms with van der Waals surface area (Å²) in [7, 11) is 0. The lowest BCUT2D eigenvalue weighted by atomic mass is 10.2. The standard InChI is InChI=1S/C9H6ClN.C2H6/c10-8-5-1-3-7-4-2-6-11-9(7)8;1-2/h1-6H;1-2H3. The SMILES string of the molecule is CC.Clc1cccc2cccnc12. The summed E-state index contributed by atoms with van der Waals surface area (Å²) >= 11 is 5.89. The summed E-state index contributed by atoms with van der Waals surface area (Å²) in [6.45, 7) is 4.00. The molecule has 0 spiro atoms. The van der Waals surface area contributed by atoms with Crippen LogP contribution < -0.4 is 0 Å². The Morgan fingerprint density at radius 1 is 1.08 bits per heavy atom. The Labute approximate surface area is 83.4 Å². The molecule has 0 atom stereocenters. The highest BCUT2D eigenvalue weighted by Gasteiger charge is 1.95. The van der Waals surface area contributed by atoms with Crippen molar-refractivity contribution in [2.75, 3.05) is 0 Å². The van der Waals surface area contributed by atoms with E-state index in [-0.39, 0.29) is 0 Å². The summed E-state index contributed by atoms with van der Waals surface area (Å²) in [5.41, 5.74) is 0.872. The van der Waals surface area contributed by atoms with Crippen molar-refractivity contribution in [2.24, 2.45) is 0 Å². The van der Waals surface area contributed by atoms with Gasteiger partial charge < -0.3 is 0 Å². The highest BCUT2D eigenvalue weighted by atomic mass is 35.5. The molecule has 68 valence electrons. The minimum absolute atomic E-state index is 0.711. The van der Waals surface area contributed by atoms with Crippen molar-refractivity contribution in [3.05, 3.63) is 41.6 Å². The van der Waals surface area contributed by atoms with Gasteiger partial charge in [-0.25, -0.2) is 0 Å². The Kier molecular flexibility index (Phi) is 3.71. The molecule has 2 aromatic rings. The maximum Gasteiger partial charge on any atom is 0.0888 e. The molecular weight excluding hydrogens is 182 g/mol. The molecule has 1 aromatic heterocycles. The van der Waals surface area contributed by atoms with E-state index in [4.69, 9.17) is 11.6 Å². The molecule has 0 unspecified atom stereocenters. The minimum Gasteiger partial charge on any atom is -0.255 e. The first-order chi connectivity index (χ1) is 6.38. The predicted octanol–water partition coefficient (Wildman–Crippen LogP) is 3.91. The number of aromatic nitrogens is 1. The summed E-state index contributed by atoms with van der Waals surface area (Å²) in [6, 6.07) is 9.66. The second-order valence-electron chi connectivity index (χ2n) is 2.31. The maximum atomic E-state index is 5.89. The zero-order valence-electron chi connectivity index (χ0n) is 7.79. The van der Waals surface area contributed by atoms with E-state index in [1.807, 2.05) is 44.2 Å². The number of hydrogen-bond donors (Lipinski definition) is 0. The third-order valence-corrected chi connectivity index (χ3v) is 1.89. The summed E-state index contributed by atoms with van der Waals surface area (Å²) in [6.07, 6.45) is 1.74. The van der Waals surface area contributed by atoms with Gasteiger partial charge in [-0.15, -0.1) is 0 Å². The summed E-state index contributed by atoms with van der Waals surface area (Å²) in [4.78, 5) is 4.15. The van der Waals surface area contributed by atoms with E-state index in [1.54, 1.807) is 6.20 Å². The van der Waals surface area contributed by atoms with Crippen LogP contribution in [0.4, 0.5) is 0 Å². The van der Waals surface area contributed by atoms with Gasteiger partial charge in [0.15, 0.2) is 0 Å². The predicted molar refractivity (Wildman–Crippen MR) is 58.1 cm³/mol. The van der Waals surface area contributed by atoms with Gasteiger partial charge in [-0.1, -0.05) is 43.6 Å². The second kappa shape index (κ2) is 4.83. The van der Waals surface area contributed by atoms with E-state index in [0.717, 1.165) is 10.9 Å². The monoisotopic (exact) mass is 193 g/mol. The molecular formula is C11H12ClN. The number of fused-ring (bicyclic) bond motifs is 1. The number of hydrogen-bond acceptors (Lipinski definition) is 1. The fourth-order valence-corrected chi connectivity index (χ4v) is 1.30. The lowest BCUT2D eigenvalue weighted by Crippen LogP contribution is -1.76. The van der Waals surface area contributed by atoms with Gasteiger partial charge in [-0.3, -0.25) is 4.98 Å². The molecule has 1 nitrogen and oxygen atoms in total. The summed E-state index contributed by atoms with van der Waals surface area (Å²) in [5, 5.41) is 1.79. The normalized spacial score (nSPS) is 9.15. The van der Waals surface area contributed by atoms with Gasteiger partial charge in [0.05, 0.1) is 10.5 Å². The summed E-state index contributed by atoms with van der Waals surface area (Å²) in [5.74, 6) is 0. The van der Waals surface area contributed by atoms with Crippen molar-refractivity contribution < 1.29 is 0 Å². The second-order valence-corrected chi connectivity index (χ2v) is 2.72. The molecule has 0 aliphatic heterocycles. The first-order valence-corrected chi connectivity index (χ1v) is 4.75. The van der Waals surface area contributed by atoms with Crippen molar-refractivity contribution in [3.8, 4) is 0 Å². The fourth-order valence-electron chi connectivity index (χ4n) is 1.07. The van der Waals surface area contributed by atoms with Crippen LogP contribution in [0.25, 0.3) is 10.9 Å². The van der Waals surface area contributed by atoms with E-state index in [2.05, 4.69) is 4.98 Å². The van der Waals surface area contributed by atoms with E-state index in [0.29, 0.717) is 5.02 Å². The molecule has 0 amide bonds. The van der Waals surface area contributed by atoms with Crippen molar-refractivity contribution in [3.63, 3.8) is 0 Å². The zero-order valence-corrected chi connectivity index (χ0v) is 8.55. The maximum absolute atomic E-state index is 5.89. The van der Waals surface area contributed by atoms with Crippen LogP contribution in [-0.4, -0.2) is 4.98 Å². The molecule has 0 saturated carbocycles. The quantitative estimate of drug-likeness (QED) is 0.618. The van der Waals surface area contributed by atoms with Crippen LogP contribution in [0.5, 0.6) is 0 Å². The number of rotatable bonds is 0. The van der Waals surface area contributed by atoms with Gasteiger partial charge in [-0.2, -0.15) is 0 Å². The fraction of sp³-hybridized carbons (Fsp3) is 0.182. The molecule has 0 radical (unpaired) electrons. The molecule has 0 aliphatic rings. The van der Waals surface area contributed by atoms with Gasteiger partial charge >= 0.3 is 0 Å². The number of nitrogens with zero attached hydrogens (tertiary/aromatic N) is 1. The van der Waals surface area contributed by atoms with Gasteiger partial charge in [0.25, 0.3) is 0 Å². The molecule has 2 heteroatoms. The van der Waals surface area contributed by atoms with E-state index in [9.17, 15) is 0 Å². The van der Waals surface area contributed by atoms with Crippen molar-refractivity contribution in [1.29, 1.82) is 0 Å². The summed E-state index contributed by atoms with van der Waals surface area (Å²) < 4.78 is 0. The highest BCUT2D eigenvalue weighted by molar-refractivity contribution is 6.34. The number of para-hydroxylation sites is 1. The van der Waals surface area contributed by atoms with Crippen LogP contribution in [0.15, 0.2) is 36.5 Å².